The van der Waals surface area contributed by atoms with Gasteiger partial charge in [-0.15, -0.1) is 3.89 Å². The van der Waals surface area contributed by atoms with Gasteiger partial charge in [0.15, 0.2) is 17.7 Å². The Labute approximate surface area is 123 Å². The number of amides is 1. The Hall–Kier alpha value is -2.10. The molecule has 0 aliphatic carbocycles. The molecule has 1 aromatic rings. The van der Waals surface area contributed by atoms with Crippen LogP contribution in [0.4, 0.5) is 12.7 Å². The number of carbonyl (C=O) groups excluding carboxylic acids is 1. The van der Waals surface area contributed by atoms with E-state index in [2.05, 4.69) is 0 Å². The Morgan fingerprint density at radius 1 is 1.36 bits per heavy atom. The Kier molecular flexibility index (Phi) is 4.14. The number of likely N-dealkylation sites (tertiary alicyclic amines) is 1. The van der Waals surface area contributed by atoms with Crippen LogP contribution in [0.1, 0.15) is 18.0 Å². The number of halogens is 3. The van der Waals surface area contributed by atoms with Gasteiger partial charge >= 0.3 is 16.2 Å². The molecule has 1 heterocycles. The highest BCUT2D eigenvalue weighted by atomic mass is 32.3. The minimum absolute atomic E-state index is 0.516. The van der Waals surface area contributed by atoms with Crippen molar-refractivity contribution >= 4 is 22.1 Å². The van der Waals surface area contributed by atoms with E-state index in [9.17, 15) is 35.8 Å². The molecule has 1 aromatic carbocycles. The minimum Gasteiger partial charge on any atom is -0.479 e. The van der Waals surface area contributed by atoms with Crippen molar-refractivity contribution in [2.45, 2.75) is 17.7 Å². The maximum atomic E-state index is 13.8. The molecule has 0 spiro atoms. The Morgan fingerprint density at radius 3 is 2.50 bits per heavy atom. The van der Waals surface area contributed by atoms with Crippen LogP contribution >= 0.6 is 0 Å². The van der Waals surface area contributed by atoms with E-state index in [4.69, 9.17) is 0 Å². The van der Waals surface area contributed by atoms with E-state index < -0.39 is 63.6 Å². The van der Waals surface area contributed by atoms with E-state index >= 15 is 0 Å². The fraction of sp³-hybridized carbons (Fsp3) is 0.333. The number of carboxylic acid groups (broad SMARTS) is 1. The second-order valence-corrected chi connectivity index (χ2v) is 6.35. The minimum atomic E-state index is -5.05. The third kappa shape index (κ3) is 2.91. The predicted molar refractivity (Wildman–Crippen MR) is 66.9 cm³/mol. The molecule has 120 valence electrons. The van der Waals surface area contributed by atoms with Crippen LogP contribution in [0.2, 0.25) is 0 Å². The third-order valence-corrected chi connectivity index (χ3v) is 4.45. The van der Waals surface area contributed by atoms with Crippen LogP contribution in [0, 0.1) is 11.6 Å². The average molecular weight is 337 g/mol. The van der Waals surface area contributed by atoms with E-state index in [1.165, 1.54) is 0 Å². The van der Waals surface area contributed by atoms with Crippen molar-refractivity contribution in [3.63, 3.8) is 0 Å². The number of aliphatic carboxylic acids is 1. The van der Waals surface area contributed by atoms with E-state index in [-0.39, 0.29) is 0 Å². The molecule has 0 saturated carbocycles. The zero-order valence-corrected chi connectivity index (χ0v) is 11.7. The highest BCUT2D eigenvalue weighted by Crippen LogP contribution is 2.31. The first-order chi connectivity index (χ1) is 10.1. The smallest absolute Gasteiger partial charge is 0.331 e. The van der Waals surface area contributed by atoms with E-state index in [1.54, 1.807) is 0 Å². The van der Waals surface area contributed by atoms with E-state index in [0.29, 0.717) is 4.90 Å². The van der Waals surface area contributed by atoms with Crippen LogP contribution in [-0.2, 0) is 19.8 Å². The normalized spacial score (nSPS) is 20.2. The first-order valence-corrected chi connectivity index (χ1v) is 7.47. The summed E-state index contributed by atoms with van der Waals surface area (Å²) >= 11 is 0. The van der Waals surface area contributed by atoms with Crippen LogP contribution in [-0.4, -0.2) is 42.1 Å². The summed E-state index contributed by atoms with van der Waals surface area (Å²) in [5.41, 5.74) is -0.641. The lowest BCUT2D eigenvalue weighted by Gasteiger charge is -2.25. The van der Waals surface area contributed by atoms with Crippen molar-refractivity contribution in [2.24, 2.45) is 0 Å². The Bertz CT molecular complexity index is 736. The van der Waals surface area contributed by atoms with Gasteiger partial charge in [-0.1, -0.05) is 12.1 Å². The molecule has 1 aliphatic rings. The molecule has 2 unspecified atom stereocenters. The third-order valence-electron chi connectivity index (χ3n) is 3.34. The molecule has 1 fully saturated rings. The molecule has 10 heteroatoms. The number of carbonyl (C=O) groups is 2. The zero-order chi connectivity index (χ0) is 16.7. The fourth-order valence-electron chi connectivity index (χ4n) is 2.30. The number of benzene rings is 1. The highest BCUT2D eigenvalue weighted by molar-refractivity contribution is 7.87. The Balaban J connectivity index is 2.44. The number of carboxylic acids is 1. The van der Waals surface area contributed by atoms with E-state index in [1.807, 2.05) is 0 Å². The molecule has 0 radical (unpaired) electrons. The Morgan fingerprint density at radius 2 is 2.00 bits per heavy atom. The van der Waals surface area contributed by atoms with E-state index in [0.717, 1.165) is 18.2 Å². The van der Waals surface area contributed by atoms with Crippen LogP contribution in [0.15, 0.2) is 18.2 Å². The summed E-state index contributed by atoms with van der Waals surface area (Å²) in [6.45, 7) is -0.745. The fourth-order valence-corrected chi connectivity index (χ4v) is 2.98. The van der Waals surface area contributed by atoms with Gasteiger partial charge in [0.25, 0.3) is 0 Å². The molecule has 2 rings (SSSR count). The SMILES string of the molecule is O=C(O)C(c1cccc(F)c1F)N1CC(S(=O)(=O)F)CC1=O. The van der Waals surface area contributed by atoms with Crippen molar-refractivity contribution in [2.75, 3.05) is 6.54 Å². The zero-order valence-electron chi connectivity index (χ0n) is 10.9. The lowest BCUT2D eigenvalue weighted by atomic mass is 10.0. The molecule has 1 amide bonds. The monoisotopic (exact) mass is 337 g/mol. The number of rotatable bonds is 4. The number of nitrogens with zero attached hydrogens (tertiary/aromatic N) is 1. The van der Waals surface area contributed by atoms with Gasteiger partial charge in [-0.2, -0.15) is 8.42 Å². The molecule has 1 N–H and O–H groups in total. The lowest BCUT2D eigenvalue weighted by Crippen LogP contribution is -2.37. The quantitative estimate of drug-likeness (QED) is 0.827. The van der Waals surface area contributed by atoms with Crippen LogP contribution < -0.4 is 0 Å². The summed E-state index contributed by atoms with van der Waals surface area (Å²) in [5, 5.41) is 7.46. The topological polar surface area (TPSA) is 91.8 Å². The molecule has 0 aromatic heterocycles. The van der Waals surface area contributed by atoms with Gasteiger partial charge in [-0.05, 0) is 6.07 Å². The maximum Gasteiger partial charge on any atom is 0.331 e. The van der Waals surface area contributed by atoms with Crippen LogP contribution in [0.25, 0.3) is 0 Å². The molecule has 1 aliphatic heterocycles. The summed E-state index contributed by atoms with van der Waals surface area (Å²) in [6.07, 6.45) is -0.750. The standard InChI is InChI=1S/C12H10F3NO5S/c13-8-3-1-2-7(10(8)14)11(12(18)19)16-5-6(4-9(16)17)22(15,20)21/h1-3,6,11H,4-5H2,(H,18,19). The summed E-state index contributed by atoms with van der Waals surface area (Å²) in [4.78, 5) is 23.6. The van der Waals surface area contributed by atoms with Crippen molar-refractivity contribution in [1.82, 2.24) is 4.90 Å². The summed E-state index contributed by atoms with van der Waals surface area (Å²) in [6, 6.07) is 0.836. The molecule has 22 heavy (non-hydrogen) atoms. The molecule has 0 bridgehead atoms. The highest BCUT2D eigenvalue weighted by Gasteiger charge is 2.44. The van der Waals surface area contributed by atoms with Crippen LogP contribution in [0.5, 0.6) is 0 Å². The number of hydrogen-bond donors (Lipinski definition) is 1. The van der Waals surface area contributed by atoms with Gasteiger partial charge in [-0.25, -0.2) is 13.6 Å². The number of hydrogen-bond acceptors (Lipinski definition) is 4. The first kappa shape index (κ1) is 16.3. The van der Waals surface area contributed by atoms with Gasteiger partial charge in [0, 0.05) is 18.5 Å². The molecule has 1 saturated heterocycles. The average Bonchev–Trinajstić information content (AvgIpc) is 2.77. The summed E-state index contributed by atoms with van der Waals surface area (Å²) < 4.78 is 61.6. The van der Waals surface area contributed by atoms with Gasteiger partial charge in [0.1, 0.15) is 5.25 Å². The predicted octanol–water partition coefficient (Wildman–Crippen LogP) is 0.991. The largest absolute Gasteiger partial charge is 0.479 e. The molecule has 6 nitrogen and oxygen atoms in total. The summed E-state index contributed by atoms with van der Waals surface area (Å²) in [7, 11) is -5.05. The molecular weight excluding hydrogens is 327 g/mol. The lowest BCUT2D eigenvalue weighted by molar-refractivity contribution is -0.148. The maximum absolute atomic E-state index is 13.8. The van der Waals surface area contributed by atoms with Gasteiger partial charge in [-0.3, -0.25) is 4.79 Å². The van der Waals surface area contributed by atoms with Crippen molar-refractivity contribution in [3.8, 4) is 0 Å². The van der Waals surface area contributed by atoms with Crippen molar-refractivity contribution in [1.29, 1.82) is 0 Å². The second kappa shape index (κ2) is 5.59. The van der Waals surface area contributed by atoms with Crippen molar-refractivity contribution in [3.05, 3.63) is 35.4 Å². The van der Waals surface area contributed by atoms with Crippen LogP contribution in [0.3, 0.4) is 0 Å². The van der Waals surface area contributed by atoms with Crippen molar-refractivity contribution < 1.29 is 35.8 Å². The van der Waals surface area contributed by atoms with Gasteiger partial charge in [0.05, 0.1) is 0 Å². The first-order valence-electron chi connectivity index (χ1n) is 6.02. The second-order valence-electron chi connectivity index (χ2n) is 4.73. The molecular formula is C12H10F3NO5S. The summed E-state index contributed by atoms with van der Waals surface area (Å²) in [5.74, 6) is -5.43. The van der Waals surface area contributed by atoms with Gasteiger partial charge in [0.2, 0.25) is 5.91 Å². The molecule has 2 atom stereocenters. The van der Waals surface area contributed by atoms with Gasteiger partial charge < -0.3 is 10.0 Å².